The zero-order chi connectivity index (χ0) is 22.9. The molecule has 2 amide bonds. The second kappa shape index (κ2) is 9.71. The standard InChI is InChI=1S/C23H31BrN2O5/c1-11(2)7-17(22(25)29)26-23(30)13-9-18(27)20(28)19(10-13)31-21-15-6-4-5-14(15)12(3)8-16(21)24/h8,10-11,17-20,27-28H,4-7,9H2,1-3H3,(H2,25,29)(H,26,30)/t17-,18-,19+,20-/m1/s1. The molecule has 0 fully saturated rings. The van der Waals surface area contributed by atoms with E-state index in [9.17, 15) is 19.8 Å². The predicted molar refractivity (Wildman–Crippen MR) is 121 cm³/mol. The highest BCUT2D eigenvalue weighted by Gasteiger charge is 2.36. The van der Waals surface area contributed by atoms with E-state index in [2.05, 4.69) is 28.2 Å². The first-order chi connectivity index (χ1) is 14.6. The SMILES string of the molecule is Cc1cc(Br)c(O[C@H]2C=C(C(=O)N[C@H](CC(C)C)C(N)=O)C[C@@H](O)[C@H]2O)c2c1CCC2. The van der Waals surface area contributed by atoms with Gasteiger partial charge < -0.3 is 26.0 Å². The number of carbonyl (C=O) groups is 2. The highest BCUT2D eigenvalue weighted by molar-refractivity contribution is 9.10. The van der Waals surface area contributed by atoms with E-state index in [4.69, 9.17) is 10.5 Å². The van der Waals surface area contributed by atoms with Crippen molar-refractivity contribution in [2.75, 3.05) is 0 Å². The van der Waals surface area contributed by atoms with Gasteiger partial charge in [-0.2, -0.15) is 0 Å². The van der Waals surface area contributed by atoms with Crippen molar-refractivity contribution in [3.63, 3.8) is 0 Å². The van der Waals surface area contributed by atoms with E-state index in [1.807, 2.05) is 19.9 Å². The molecule has 1 aromatic rings. The van der Waals surface area contributed by atoms with Crippen LogP contribution < -0.4 is 15.8 Å². The summed E-state index contributed by atoms with van der Waals surface area (Å²) in [5.74, 6) is -0.284. The second-order valence-corrected chi connectivity index (χ2v) is 9.76. The minimum absolute atomic E-state index is 0.0345. The Morgan fingerprint density at radius 3 is 2.61 bits per heavy atom. The van der Waals surface area contributed by atoms with E-state index in [-0.39, 0.29) is 17.9 Å². The average molecular weight is 495 g/mol. The van der Waals surface area contributed by atoms with Crippen LogP contribution in [-0.4, -0.2) is 46.4 Å². The lowest BCUT2D eigenvalue weighted by Gasteiger charge is -2.32. The highest BCUT2D eigenvalue weighted by Crippen LogP contribution is 2.40. The summed E-state index contributed by atoms with van der Waals surface area (Å²) in [6.45, 7) is 5.93. The first-order valence-electron chi connectivity index (χ1n) is 10.7. The Bertz CT molecular complexity index is 898. The normalized spacial score (nSPS) is 23.8. The number of primary amides is 1. The number of ether oxygens (including phenoxy) is 1. The van der Waals surface area contributed by atoms with Gasteiger partial charge in [0, 0.05) is 12.0 Å². The molecule has 0 aliphatic heterocycles. The van der Waals surface area contributed by atoms with Crippen LogP contribution in [0.1, 0.15) is 49.8 Å². The number of rotatable bonds is 7. The van der Waals surface area contributed by atoms with Crippen LogP contribution >= 0.6 is 15.9 Å². The molecule has 0 saturated carbocycles. The van der Waals surface area contributed by atoms with Crippen LogP contribution in [0.2, 0.25) is 0 Å². The third kappa shape index (κ3) is 5.30. The number of amides is 2. The van der Waals surface area contributed by atoms with Crippen LogP contribution in [0.25, 0.3) is 0 Å². The molecule has 3 rings (SSSR count). The molecule has 8 heteroatoms. The maximum absolute atomic E-state index is 12.8. The Morgan fingerprint density at radius 2 is 1.97 bits per heavy atom. The Kier molecular flexibility index (Phi) is 7.44. The number of nitrogens with two attached hydrogens (primary N) is 1. The van der Waals surface area contributed by atoms with Gasteiger partial charge in [0.05, 0.1) is 10.6 Å². The van der Waals surface area contributed by atoms with Crippen LogP contribution in [0.3, 0.4) is 0 Å². The number of hydrogen-bond acceptors (Lipinski definition) is 5. The van der Waals surface area contributed by atoms with E-state index >= 15 is 0 Å². The van der Waals surface area contributed by atoms with Crippen molar-refractivity contribution in [1.29, 1.82) is 0 Å². The van der Waals surface area contributed by atoms with E-state index in [0.29, 0.717) is 12.2 Å². The minimum Gasteiger partial charge on any atom is -0.482 e. The topological polar surface area (TPSA) is 122 Å². The molecule has 0 spiro atoms. The van der Waals surface area contributed by atoms with Gasteiger partial charge >= 0.3 is 0 Å². The van der Waals surface area contributed by atoms with Crippen molar-refractivity contribution >= 4 is 27.7 Å². The molecular formula is C23H31BrN2O5. The summed E-state index contributed by atoms with van der Waals surface area (Å²) < 4.78 is 6.94. The summed E-state index contributed by atoms with van der Waals surface area (Å²) in [6.07, 6.45) is 1.58. The molecule has 5 N–H and O–H groups in total. The number of aryl methyl sites for hydroxylation is 1. The number of aliphatic hydroxyl groups excluding tert-OH is 2. The summed E-state index contributed by atoms with van der Waals surface area (Å²) in [6, 6.07) is 1.19. The maximum atomic E-state index is 12.8. The molecule has 7 nitrogen and oxygen atoms in total. The minimum atomic E-state index is -1.18. The van der Waals surface area contributed by atoms with Crippen LogP contribution in [-0.2, 0) is 22.4 Å². The number of aliphatic hydroxyl groups is 2. The fraction of sp³-hybridized carbons (Fsp3) is 0.565. The number of carbonyl (C=O) groups excluding carboxylic acids is 2. The molecule has 170 valence electrons. The van der Waals surface area contributed by atoms with Crippen molar-refractivity contribution in [1.82, 2.24) is 5.32 Å². The second-order valence-electron chi connectivity index (χ2n) is 8.91. The van der Waals surface area contributed by atoms with Gasteiger partial charge in [0.1, 0.15) is 24.0 Å². The number of hydrogen-bond donors (Lipinski definition) is 4. The molecule has 0 heterocycles. The lowest BCUT2D eigenvalue weighted by Crippen LogP contribution is -2.49. The summed E-state index contributed by atoms with van der Waals surface area (Å²) in [7, 11) is 0. The van der Waals surface area contributed by atoms with Gasteiger partial charge in [0.15, 0.2) is 0 Å². The molecule has 0 bridgehead atoms. The zero-order valence-corrected chi connectivity index (χ0v) is 19.7. The van der Waals surface area contributed by atoms with E-state index in [0.717, 1.165) is 29.3 Å². The average Bonchev–Trinajstić information content (AvgIpc) is 3.17. The van der Waals surface area contributed by atoms with E-state index in [1.54, 1.807) is 0 Å². The van der Waals surface area contributed by atoms with Gasteiger partial charge in [-0.05, 0) is 83.3 Å². The predicted octanol–water partition coefficient (Wildman–Crippen LogP) is 2.06. The fourth-order valence-electron chi connectivity index (χ4n) is 4.35. The molecule has 31 heavy (non-hydrogen) atoms. The van der Waals surface area contributed by atoms with Crippen molar-refractivity contribution in [2.24, 2.45) is 11.7 Å². The molecule has 0 saturated heterocycles. The third-order valence-corrected chi connectivity index (χ3v) is 6.54. The molecule has 2 aliphatic rings. The molecule has 1 aromatic carbocycles. The Morgan fingerprint density at radius 1 is 1.29 bits per heavy atom. The molecule has 0 aromatic heterocycles. The van der Waals surface area contributed by atoms with Crippen molar-refractivity contribution in [3.8, 4) is 5.75 Å². The molecule has 2 aliphatic carbocycles. The summed E-state index contributed by atoms with van der Waals surface area (Å²) >= 11 is 3.56. The number of fused-ring (bicyclic) bond motifs is 1. The molecule has 4 atom stereocenters. The van der Waals surface area contributed by atoms with Gasteiger partial charge in [-0.3, -0.25) is 9.59 Å². The first kappa shape index (κ1) is 23.8. The number of nitrogens with one attached hydrogen (secondary N) is 1. The van der Waals surface area contributed by atoms with Crippen LogP contribution in [0.4, 0.5) is 0 Å². The van der Waals surface area contributed by atoms with Crippen LogP contribution in [0.5, 0.6) is 5.75 Å². The van der Waals surface area contributed by atoms with Gasteiger partial charge in [-0.1, -0.05) is 13.8 Å². The lowest BCUT2D eigenvalue weighted by molar-refractivity contribution is -0.126. The number of benzene rings is 1. The van der Waals surface area contributed by atoms with E-state index in [1.165, 1.54) is 17.2 Å². The quantitative estimate of drug-likeness (QED) is 0.462. The number of halogens is 1. The Labute approximate surface area is 191 Å². The van der Waals surface area contributed by atoms with Crippen LogP contribution in [0, 0.1) is 12.8 Å². The van der Waals surface area contributed by atoms with Gasteiger partial charge in [-0.15, -0.1) is 0 Å². The largest absolute Gasteiger partial charge is 0.482 e. The molecule has 0 unspecified atom stereocenters. The van der Waals surface area contributed by atoms with Crippen molar-refractivity contribution in [2.45, 2.75) is 77.2 Å². The molecule has 0 radical (unpaired) electrons. The van der Waals surface area contributed by atoms with Crippen molar-refractivity contribution in [3.05, 3.63) is 38.9 Å². The van der Waals surface area contributed by atoms with Crippen molar-refractivity contribution < 1.29 is 24.5 Å². The summed E-state index contributed by atoms with van der Waals surface area (Å²) in [5.41, 5.74) is 9.24. The Hall–Kier alpha value is -1.90. The molecular weight excluding hydrogens is 464 g/mol. The van der Waals surface area contributed by atoms with Gasteiger partial charge in [0.25, 0.3) is 0 Å². The van der Waals surface area contributed by atoms with Crippen LogP contribution in [0.15, 0.2) is 22.2 Å². The fourth-order valence-corrected chi connectivity index (χ4v) is 5.03. The first-order valence-corrected chi connectivity index (χ1v) is 11.5. The monoisotopic (exact) mass is 494 g/mol. The smallest absolute Gasteiger partial charge is 0.247 e. The highest BCUT2D eigenvalue weighted by atomic mass is 79.9. The van der Waals surface area contributed by atoms with Gasteiger partial charge in [0.2, 0.25) is 11.8 Å². The summed E-state index contributed by atoms with van der Waals surface area (Å²) in [4.78, 5) is 24.5. The lowest BCUT2D eigenvalue weighted by atomic mass is 9.91. The Balaban J connectivity index is 1.85. The maximum Gasteiger partial charge on any atom is 0.247 e. The van der Waals surface area contributed by atoms with Gasteiger partial charge in [-0.25, -0.2) is 0 Å². The third-order valence-electron chi connectivity index (χ3n) is 5.95. The van der Waals surface area contributed by atoms with E-state index < -0.39 is 36.2 Å². The zero-order valence-electron chi connectivity index (χ0n) is 18.2. The summed E-state index contributed by atoms with van der Waals surface area (Å²) in [5, 5.41) is 23.6.